The number of benzene rings is 1. The molecule has 0 radical (unpaired) electrons. The van der Waals surface area contributed by atoms with Gasteiger partial charge in [-0.2, -0.15) is 5.10 Å². The van der Waals surface area contributed by atoms with Gasteiger partial charge in [0.05, 0.1) is 5.71 Å². The summed E-state index contributed by atoms with van der Waals surface area (Å²) in [7, 11) is 0. The molecule has 0 bridgehead atoms. The van der Waals surface area contributed by atoms with Crippen molar-refractivity contribution in [3.63, 3.8) is 0 Å². The minimum Gasteiger partial charge on any atom is -0.369 e. The predicted molar refractivity (Wildman–Crippen MR) is 54.4 cm³/mol. The Hall–Kier alpha value is -1.98. The molecule has 4 N–H and O–H groups in total. The maximum atomic E-state index is 13.2. The van der Waals surface area contributed by atoms with E-state index < -0.39 is 11.6 Å². The average Bonchev–Trinajstić information content (AvgIpc) is 2.18. The molecule has 0 aliphatic rings. The van der Waals surface area contributed by atoms with Crippen molar-refractivity contribution in [1.29, 1.82) is 0 Å². The Bertz CT molecular complexity index is 422. The fourth-order valence-electron chi connectivity index (χ4n) is 0.961. The van der Waals surface area contributed by atoms with Crippen molar-refractivity contribution in [3.05, 3.63) is 35.4 Å². The molecule has 4 nitrogen and oxygen atoms in total. The van der Waals surface area contributed by atoms with Crippen molar-refractivity contribution in [2.24, 2.45) is 21.7 Å². The Morgan fingerprint density at radius 1 is 1.20 bits per heavy atom. The lowest BCUT2D eigenvalue weighted by atomic mass is 10.1. The molecule has 0 atom stereocenters. The van der Waals surface area contributed by atoms with E-state index in [1.807, 2.05) is 0 Å². The number of hydrogen-bond donors (Lipinski definition) is 2. The summed E-state index contributed by atoms with van der Waals surface area (Å²) in [6.45, 7) is 1.48. The molecule has 0 spiro atoms. The first-order chi connectivity index (χ1) is 7.00. The van der Waals surface area contributed by atoms with Crippen molar-refractivity contribution < 1.29 is 8.78 Å². The van der Waals surface area contributed by atoms with Crippen LogP contribution in [0.25, 0.3) is 0 Å². The van der Waals surface area contributed by atoms with E-state index in [0.717, 1.165) is 18.2 Å². The van der Waals surface area contributed by atoms with Crippen molar-refractivity contribution in [2.75, 3.05) is 0 Å². The van der Waals surface area contributed by atoms with Crippen LogP contribution in [0.2, 0.25) is 0 Å². The van der Waals surface area contributed by atoms with Gasteiger partial charge in [0.2, 0.25) is 5.96 Å². The van der Waals surface area contributed by atoms with E-state index in [1.165, 1.54) is 6.92 Å². The first-order valence-corrected chi connectivity index (χ1v) is 4.09. The highest BCUT2D eigenvalue weighted by molar-refractivity contribution is 5.99. The number of rotatable bonds is 2. The van der Waals surface area contributed by atoms with Crippen molar-refractivity contribution in [2.45, 2.75) is 6.92 Å². The van der Waals surface area contributed by atoms with Crippen LogP contribution in [0.3, 0.4) is 0 Å². The normalized spacial score (nSPS) is 11.3. The second kappa shape index (κ2) is 4.50. The van der Waals surface area contributed by atoms with Gasteiger partial charge in [0, 0.05) is 5.56 Å². The van der Waals surface area contributed by atoms with Gasteiger partial charge in [-0.15, -0.1) is 5.10 Å². The van der Waals surface area contributed by atoms with Crippen molar-refractivity contribution >= 4 is 11.7 Å². The van der Waals surface area contributed by atoms with Crippen LogP contribution in [0.15, 0.2) is 28.4 Å². The Morgan fingerprint density at radius 3 is 2.47 bits per heavy atom. The first-order valence-electron chi connectivity index (χ1n) is 4.09. The zero-order chi connectivity index (χ0) is 11.4. The molecule has 0 aliphatic heterocycles. The van der Waals surface area contributed by atoms with Crippen molar-refractivity contribution in [1.82, 2.24) is 0 Å². The van der Waals surface area contributed by atoms with Gasteiger partial charge < -0.3 is 11.5 Å². The topological polar surface area (TPSA) is 76.8 Å². The van der Waals surface area contributed by atoms with E-state index in [1.54, 1.807) is 0 Å². The molecular weight excluding hydrogens is 202 g/mol. The second-order valence-electron chi connectivity index (χ2n) is 2.83. The summed E-state index contributed by atoms with van der Waals surface area (Å²) in [5.74, 6) is -1.37. The Morgan fingerprint density at radius 2 is 1.87 bits per heavy atom. The molecule has 0 saturated carbocycles. The molecule has 0 fully saturated rings. The zero-order valence-electron chi connectivity index (χ0n) is 8.04. The van der Waals surface area contributed by atoms with E-state index >= 15 is 0 Å². The van der Waals surface area contributed by atoms with Gasteiger partial charge in [-0.25, -0.2) is 8.78 Å². The van der Waals surface area contributed by atoms with E-state index in [4.69, 9.17) is 11.5 Å². The fourth-order valence-corrected chi connectivity index (χ4v) is 0.961. The Kier molecular flexibility index (Phi) is 3.33. The Balaban J connectivity index is 3.10. The minimum atomic E-state index is -0.580. The van der Waals surface area contributed by atoms with Crippen LogP contribution in [0.5, 0.6) is 0 Å². The third-order valence-electron chi connectivity index (χ3n) is 1.63. The van der Waals surface area contributed by atoms with Gasteiger partial charge in [0.15, 0.2) is 0 Å². The van der Waals surface area contributed by atoms with Gasteiger partial charge in [-0.1, -0.05) is 0 Å². The molecule has 0 unspecified atom stereocenters. The van der Waals surface area contributed by atoms with E-state index in [-0.39, 0.29) is 17.2 Å². The van der Waals surface area contributed by atoms with Gasteiger partial charge in [0.1, 0.15) is 11.6 Å². The number of nitrogens with zero attached hydrogens (tertiary/aromatic N) is 2. The standard InChI is InChI=1S/C9H10F2N4/c1-5(14-15-9(12)13)7-4-6(10)2-3-8(7)11/h2-4H,1H3,(H4,12,13,15). The SMILES string of the molecule is CC(=NN=C(N)N)c1cc(F)ccc1F. The molecule has 15 heavy (non-hydrogen) atoms. The van der Waals surface area contributed by atoms with Gasteiger partial charge in [0.25, 0.3) is 0 Å². The smallest absolute Gasteiger partial charge is 0.211 e. The summed E-state index contributed by atoms with van der Waals surface area (Å²) >= 11 is 0. The van der Waals surface area contributed by atoms with E-state index in [2.05, 4.69) is 10.2 Å². The van der Waals surface area contributed by atoms with Crippen LogP contribution in [0.1, 0.15) is 12.5 Å². The van der Waals surface area contributed by atoms with Crippen LogP contribution in [-0.4, -0.2) is 11.7 Å². The summed E-state index contributed by atoms with van der Waals surface area (Å²) in [4.78, 5) is 0. The highest BCUT2D eigenvalue weighted by Gasteiger charge is 2.06. The third kappa shape index (κ3) is 3.01. The summed E-state index contributed by atoms with van der Waals surface area (Å²) in [5.41, 5.74) is 10.3. The van der Waals surface area contributed by atoms with Gasteiger partial charge >= 0.3 is 0 Å². The van der Waals surface area contributed by atoms with Gasteiger partial charge in [-0.05, 0) is 25.1 Å². The number of nitrogens with two attached hydrogens (primary N) is 2. The largest absolute Gasteiger partial charge is 0.369 e. The lowest BCUT2D eigenvalue weighted by molar-refractivity contribution is 0.598. The average molecular weight is 212 g/mol. The first kappa shape index (κ1) is 11.1. The molecular formula is C9H10F2N4. The zero-order valence-corrected chi connectivity index (χ0v) is 8.04. The van der Waals surface area contributed by atoms with Crippen LogP contribution in [-0.2, 0) is 0 Å². The molecule has 6 heteroatoms. The highest BCUT2D eigenvalue weighted by Crippen LogP contribution is 2.10. The molecule has 0 aliphatic carbocycles. The molecule has 1 aromatic rings. The monoisotopic (exact) mass is 212 g/mol. The summed E-state index contributed by atoms with van der Waals surface area (Å²) in [6, 6.07) is 3.06. The maximum Gasteiger partial charge on any atom is 0.211 e. The molecule has 1 aromatic carbocycles. The molecule has 0 saturated heterocycles. The molecule has 0 aromatic heterocycles. The predicted octanol–water partition coefficient (Wildman–Crippen LogP) is 0.962. The van der Waals surface area contributed by atoms with E-state index in [0.29, 0.717) is 0 Å². The summed E-state index contributed by atoms with van der Waals surface area (Å²) in [6.07, 6.45) is 0. The highest BCUT2D eigenvalue weighted by atomic mass is 19.1. The lowest BCUT2D eigenvalue weighted by Crippen LogP contribution is -2.22. The van der Waals surface area contributed by atoms with Crippen LogP contribution in [0, 0.1) is 11.6 Å². The fraction of sp³-hybridized carbons (Fsp3) is 0.111. The molecule has 80 valence electrons. The van der Waals surface area contributed by atoms with Crippen LogP contribution in [0.4, 0.5) is 8.78 Å². The number of guanidine groups is 1. The minimum absolute atomic E-state index is 0.0278. The summed E-state index contributed by atoms with van der Waals surface area (Å²) in [5, 5.41) is 6.89. The van der Waals surface area contributed by atoms with Crippen LogP contribution < -0.4 is 11.5 Å². The summed E-state index contributed by atoms with van der Waals surface area (Å²) < 4.78 is 26.0. The van der Waals surface area contributed by atoms with Crippen molar-refractivity contribution in [3.8, 4) is 0 Å². The number of halogens is 2. The van der Waals surface area contributed by atoms with Gasteiger partial charge in [-0.3, -0.25) is 0 Å². The molecule has 0 amide bonds. The van der Waals surface area contributed by atoms with Crippen LogP contribution >= 0.6 is 0 Å². The Labute approximate surface area is 85.3 Å². The molecule has 1 rings (SSSR count). The second-order valence-corrected chi connectivity index (χ2v) is 2.83. The lowest BCUT2D eigenvalue weighted by Gasteiger charge is -2.00. The quantitative estimate of drug-likeness (QED) is 0.435. The van der Waals surface area contributed by atoms with E-state index in [9.17, 15) is 8.78 Å². The number of hydrogen-bond acceptors (Lipinski definition) is 2. The third-order valence-corrected chi connectivity index (χ3v) is 1.63. The maximum absolute atomic E-state index is 13.2. The molecule has 0 heterocycles.